The van der Waals surface area contributed by atoms with Crippen molar-refractivity contribution in [3.63, 3.8) is 0 Å². The van der Waals surface area contributed by atoms with Crippen molar-refractivity contribution in [2.24, 2.45) is 0 Å². The summed E-state index contributed by atoms with van der Waals surface area (Å²) < 4.78 is 24.9. The number of amides is 1. The standard InChI is InChI=1S/C21H25FN2O3/c1-13-7-8-15(16-11-17(16)24-20(25)27-21(2,3)4)18(10-13)26-12-14-6-5-9-23-19(14)22/h5-10,16-17H,11-12H2,1-4H3,(H,24,25). The van der Waals surface area contributed by atoms with E-state index in [-0.39, 0.29) is 18.6 Å². The predicted molar refractivity (Wildman–Crippen MR) is 100 cm³/mol. The number of carbonyl (C=O) groups is 1. The maximum Gasteiger partial charge on any atom is 0.407 e. The molecule has 0 bridgehead atoms. The van der Waals surface area contributed by atoms with Gasteiger partial charge in [0, 0.05) is 23.7 Å². The summed E-state index contributed by atoms with van der Waals surface area (Å²) in [4.78, 5) is 15.6. The van der Waals surface area contributed by atoms with E-state index >= 15 is 0 Å². The summed E-state index contributed by atoms with van der Waals surface area (Å²) in [5, 5.41) is 2.90. The largest absolute Gasteiger partial charge is 0.488 e. The number of ether oxygens (including phenoxy) is 2. The Kier molecular flexibility index (Phi) is 5.35. The summed E-state index contributed by atoms with van der Waals surface area (Å²) in [6, 6.07) is 9.30. The maximum atomic E-state index is 13.7. The molecule has 27 heavy (non-hydrogen) atoms. The molecule has 1 N–H and O–H groups in total. The summed E-state index contributed by atoms with van der Waals surface area (Å²) in [6.45, 7) is 7.58. The van der Waals surface area contributed by atoms with E-state index in [0.717, 1.165) is 17.5 Å². The van der Waals surface area contributed by atoms with Crippen molar-refractivity contribution >= 4 is 6.09 Å². The van der Waals surface area contributed by atoms with Crippen molar-refractivity contribution in [1.29, 1.82) is 0 Å². The molecule has 1 amide bonds. The van der Waals surface area contributed by atoms with Crippen LogP contribution in [0.15, 0.2) is 36.5 Å². The van der Waals surface area contributed by atoms with Crippen LogP contribution < -0.4 is 10.1 Å². The number of rotatable bonds is 5. The molecule has 1 fully saturated rings. The molecule has 0 radical (unpaired) electrons. The van der Waals surface area contributed by atoms with Crippen LogP contribution in [0.4, 0.5) is 9.18 Å². The van der Waals surface area contributed by atoms with Crippen molar-refractivity contribution in [2.45, 2.75) is 58.3 Å². The first-order chi connectivity index (χ1) is 12.7. The summed E-state index contributed by atoms with van der Waals surface area (Å²) >= 11 is 0. The number of pyridine rings is 1. The van der Waals surface area contributed by atoms with Crippen LogP contribution in [0.3, 0.4) is 0 Å². The minimum absolute atomic E-state index is 0.0139. The van der Waals surface area contributed by atoms with Gasteiger partial charge in [0.15, 0.2) is 0 Å². The lowest BCUT2D eigenvalue weighted by atomic mass is 10.1. The number of benzene rings is 1. The average Bonchev–Trinajstić information content (AvgIpc) is 3.31. The molecular formula is C21H25FN2O3. The zero-order valence-electron chi connectivity index (χ0n) is 16.1. The number of hydrogen-bond donors (Lipinski definition) is 1. The van der Waals surface area contributed by atoms with Crippen molar-refractivity contribution in [1.82, 2.24) is 10.3 Å². The Hall–Kier alpha value is -2.63. The topological polar surface area (TPSA) is 60.5 Å². The third kappa shape index (κ3) is 5.18. The van der Waals surface area contributed by atoms with Crippen LogP contribution in [0, 0.1) is 12.9 Å². The number of alkyl carbamates (subject to hydrolysis) is 1. The van der Waals surface area contributed by atoms with Crippen LogP contribution in [0.5, 0.6) is 5.75 Å². The van der Waals surface area contributed by atoms with E-state index in [1.165, 1.54) is 6.20 Å². The molecule has 1 aromatic carbocycles. The summed E-state index contributed by atoms with van der Waals surface area (Å²) in [6.07, 6.45) is 1.82. The molecule has 6 heteroatoms. The quantitative estimate of drug-likeness (QED) is 0.786. The van der Waals surface area contributed by atoms with Gasteiger partial charge < -0.3 is 14.8 Å². The van der Waals surface area contributed by atoms with E-state index in [1.807, 2.05) is 45.9 Å². The van der Waals surface area contributed by atoms with E-state index in [2.05, 4.69) is 10.3 Å². The maximum absolute atomic E-state index is 13.7. The highest BCUT2D eigenvalue weighted by Gasteiger charge is 2.42. The normalized spacial score (nSPS) is 18.7. The minimum atomic E-state index is -0.527. The lowest BCUT2D eigenvalue weighted by Crippen LogP contribution is -2.34. The molecule has 0 spiro atoms. The second-order valence-corrected chi connectivity index (χ2v) is 7.88. The van der Waals surface area contributed by atoms with Gasteiger partial charge in [-0.15, -0.1) is 0 Å². The van der Waals surface area contributed by atoms with Crippen LogP contribution in [0.1, 0.15) is 49.8 Å². The fourth-order valence-corrected chi connectivity index (χ4v) is 2.91. The molecule has 1 aromatic heterocycles. The Bertz CT molecular complexity index is 832. The Morgan fingerprint density at radius 2 is 2.11 bits per heavy atom. The molecule has 1 heterocycles. The third-order valence-electron chi connectivity index (χ3n) is 4.28. The van der Waals surface area contributed by atoms with E-state index in [1.54, 1.807) is 12.1 Å². The molecule has 2 aromatic rings. The molecule has 1 aliphatic rings. The van der Waals surface area contributed by atoms with Crippen LogP contribution >= 0.6 is 0 Å². The smallest absolute Gasteiger partial charge is 0.407 e. The monoisotopic (exact) mass is 372 g/mol. The van der Waals surface area contributed by atoms with Gasteiger partial charge in [-0.2, -0.15) is 4.39 Å². The van der Waals surface area contributed by atoms with Gasteiger partial charge >= 0.3 is 6.09 Å². The van der Waals surface area contributed by atoms with Crippen LogP contribution in [0.25, 0.3) is 0 Å². The lowest BCUT2D eigenvalue weighted by Gasteiger charge is -2.20. The molecule has 1 aliphatic carbocycles. The van der Waals surface area contributed by atoms with Gasteiger partial charge in [-0.1, -0.05) is 12.1 Å². The van der Waals surface area contributed by atoms with E-state index < -0.39 is 17.6 Å². The Labute approximate surface area is 158 Å². The first-order valence-electron chi connectivity index (χ1n) is 9.05. The molecule has 0 saturated heterocycles. The first-order valence-corrected chi connectivity index (χ1v) is 9.05. The molecule has 144 valence electrons. The molecular weight excluding hydrogens is 347 g/mol. The highest BCUT2D eigenvalue weighted by Crippen LogP contribution is 2.45. The van der Waals surface area contributed by atoms with E-state index in [0.29, 0.717) is 11.3 Å². The molecule has 0 aliphatic heterocycles. The van der Waals surface area contributed by atoms with Crippen LogP contribution in [-0.2, 0) is 11.3 Å². The average molecular weight is 372 g/mol. The second kappa shape index (κ2) is 7.55. The summed E-state index contributed by atoms with van der Waals surface area (Å²) in [5.41, 5.74) is 1.94. The van der Waals surface area contributed by atoms with Crippen molar-refractivity contribution in [3.8, 4) is 5.75 Å². The van der Waals surface area contributed by atoms with Gasteiger partial charge in [0.05, 0.1) is 0 Å². The van der Waals surface area contributed by atoms with Crippen molar-refractivity contribution < 1.29 is 18.7 Å². The van der Waals surface area contributed by atoms with E-state index in [4.69, 9.17) is 9.47 Å². The zero-order valence-corrected chi connectivity index (χ0v) is 16.1. The van der Waals surface area contributed by atoms with Gasteiger partial charge in [-0.05, 0) is 63.4 Å². The van der Waals surface area contributed by atoms with Gasteiger partial charge in [-0.25, -0.2) is 9.78 Å². The molecule has 1 saturated carbocycles. The highest BCUT2D eigenvalue weighted by atomic mass is 19.1. The Balaban J connectivity index is 1.67. The SMILES string of the molecule is Cc1ccc(C2CC2NC(=O)OC(C)(C)C)c(OCc2cccnc2F)c1. The molecule has 2 unspecified atom stereocenters. The van der Waals surface area contributed by atoms with Crippen molar-refractivity contribution in [3.05, 3.63) is 59.2 Å². The number of halogens is 1. The Morgan fingerprint density at radius 1 is 1.33 bits per heavy atom. The van der Waals surface area contributed by atoms with Crippen LogP contribution in [-0.4, -0.2) is 22.7 Å². The predicted octanol–water partition coefficient (Wildman–Crippen LogP) is 4.49. The zero-order chi connectivity index (χ0) is 19.6. The molecule has 3 rings (SSSR count). The van der Waals surface area contributed by atoms with Gasteiger partial charge in [0.2, 0.25) is 5.95 Å². The van der Waals surface area contributed by atoms with Gasteiger partial charge in [0.25, 0.3) is 0 Å². The number of nitrogens with one attached hydrogen (secondary N) is 1. The fraction of sp³-hybridized carbons (Fsp3) is 0.429. The van der Waals surface area contributed by atoms with Gasteiger partial charge in [0.1, 0.15) is 18.0 Å². The third-order valence-corrected chi connectivity index (χ3v) is 4.28. The minimum Gasteiger partial charge on any atom is -0.488 e. The highest BCUT2D eigenvalue weighted by molar-refractivity contribution is 5.69. The molecule has 5 nitrogen and oxygen atoms in total. The number of aromatic nitrogens is 1. The first kappa shape index (κ1) is 19.1. The van der Waals surface area contributed by atoms with Crippen LogP contribution in [0.2, 0.25) is 0 Å². The lowest BCUT2D eigenvalue weighted by molar-refractivity contribution is 0.0522. The summed E-state index contributed by atoms with van der Waals surface area (Å²) in [7, 11) is 0. The van der Waals surface area contributed by atoms with Gasteiger partial charge in [-0.3, -0.25) is 0 Å². The van der Waals surface area contributed by atoms with Crippen molar-refractivity contribution in [2.75, 3.05) is 0 Å². The molecule has 2 atom stereocenters. The summed E-state index contributed by atoms with van der Waals surface area (Å²) in [5.74, 6) is 0.339. The second-order valence-electron chi connectivity index (χ2n) is 7.88. The number of nitrogens with zero attached hydrogens (tertiary/aromatic N) is 1. The number of aryl methyl sites for hydroxylation is 1. The Morgan fingerprint density at radius 3 is 2.81 bits per heavy atom. The fourth-order valence-electron chi connectivity index (χ4n) is 2.91. The number of hydrogen-bond acceptors (Lipinski definition) is 4. The number of carbonyl (C=O) groups excluding carboxylic acids is 1. The van der Waals surface area contributed by atoms with E-state index in [9.17, 15) is 9.18 Å².